The van der Waals surface area contributed by atoms with Crippen LogP contribution in [0.3, 0.4) is 0 Å². The van der Waals surface area contributed by atoms with Crippen LogP contribution in [0.1, 0.15) is 16.7 Å². The van der Waals surface area contributed by atoms with Crippen LogP contribution in [0.15, 0.2) is 84.9 Å². The molecule has 0 radical (unpaired) electrons. The van der Waals surface area contributed by atoms with E-state index in [9.17, 15) is 24.6 Å². The monoisotopic (exact) mass is 492 g/mol. The number of hydrogen-bond donors (Lipinski definition) is 4. The molecule has 0 heterocycles. The highest BCUT2D eigenvalue weighted by Gasteiger charge is 2.28. The van der Waals surface area contributed by atoms with Crippen LogP contribution in [-0.4, -0.2) is 46.9 Å². The van der Waals surface area contributed by atoms with Crippen molar-refractivity contribution in [1.82, 2.24) is 10.6 Å². The lowest BCUT2D eigenvalue weighted by Crippen LogP contribution is -2.54. The van der Waals surface area contributed by atoms with E-state index in [0.29, 0.717) is 5.56 Å². The summed E-state index contributed by atoms with van der Waals surface area (Å²) in [6, 6.07) is 21.7. The van der Waals surface area contributed by atoms with Gasteiger partial charge in [-0.3, -0.25) is 4.79 Å². The molecule has 2 unspecified atom stereocenters. The minimum atomic E-state index is -1.35. The molecule has 0 aliphatic heterocycles. The third-order valence-corrected chi connectivity index (χ3v) is 5.20. The number of ether oxygens (including phenoxy) is 2. The molecule has 0 spiro atoms. The topological polar surface area (TPSA) is 134 Å². The number of benzene rings is 3. The Balaban J connectivity index is 1.62. The molecule has 0 aromatic heterocycles. The molecule has 3 aromatic rings. The van der Waals surface area contributed by atoms with E-state index in [0.717, 1.165) is 11.1 Å². The van der Waals surface area contributed by atoms with E-state index in [1.54, 1.807) is 48.5 Å². The molecule has 0 saturated carbocycles. The van der Waals surface area contributed by atoms with E-state index in [4.69, 9.17) is 9.47 Å². The Morgan fingerprint density at radius 3 is 1.81 bits per heavy atom. The zero-order chi connectivity index (χ0) is 25.8. The maximum absolute atomic E-state index is 12.9. The first kappa shape index (κ1) is 26.2. The summed E-state index contributed by atoms with van der Waals surface area (Å²) in [5.41, 5.74) is 2.19. The predicted molar refractivity (Wildman–Crippen MR) is 131 cm³/mol. The van der Waals surface area contributed by atoms with Crippen LogP contribution < -0.4 is 10.6 Å². The minimum absolute atomic E-state index is 0.00904. The number of aliphatic hydroxyl groups excluding tert-OH is 1. The number of carbonyl (C=O) groups is 3. The van der Waals surface area contributed by atoms with E-state index < -0.39 is 36.7 Å². The fourth-order valence-corrected chi connectivity index (χ4v) is 3.26. The van der Waals surface area contributed by atoms with Crippen LogP contribution in [0, 0.1) is 0 Å². The molecule has 0 aliphatic rings. The number of hydrogen-bond acceptors (Lipinski definition) is 7. The molecular formula is C27H28N2O7. The largest absolute Gasteiger partial charge is 0.508 e. The minimum Gasteiger partial charge on any atom is -0.508 e. The number of nitrogens with one attached hydrogen (secondary N) is 2. The Bertz CT molecular complexity index is 1120. The molecule has 3 aromatic carbocycles. The summed E-state index contributed by atoms with van der Waals surface area (Å²) in [6.45, 7) is -0.714. The zero-order valence-corrected chi connectivity index (χ0v) is 19.5. The van der Waals surface area contributed by atoms with Crippen molar-refractivity contribution in [3.05, 3.63) is 102 Å². The van der Waals surface area contributed by atoms with E-state index in [-0.39, 0.29) is 25.4 Å². The molecule has 2 atom stereocenters. The number of carbonyl (C=O) groups excluding carboxylic acids is 3. The second-order valence-electron chi connectivity index (χ2n) is 7.97. The fraction of sp³-hybridized carbons (Fsp3) is 0.222. The Morgan fingerprint density at radius 2 is 1.25 bits per heavy atom. The Morgan fingerprint density at radius 1 is 0.694 bits per heavy atom. The molecule has 0 fully saturated rings. The summed E-state index contributed by atoms with van der Waals surface area (Å²) in [7, 11) is 0. The van der Waals surface area contributed by atoms with Crippen LogP contribution in [0.4, 0.5) is 4.79 Å². The Labute approximate surface area is 208 Å². The lowest BCUT2D eigenvalue weighted by Gasteiger charge is -2.22. The molecule has 0 saturated heterocycles. The SMILES string of the molecule is O=C(NC(CO)C(=O)NC(Cc1ccc(O)cc1)C(=O)OCc1ccccc1)OCc1ccccc1. The fourth-order valence-electron chi connectivity index (χ4n) is 3.26. The Kier molecular flexibility index (Phi) is 9.84. The second-order valence-corrected chi connectivity index (χ2v) is 7.97. The number of amides is 2. The molecule has 0 aliphatic carbocycles. The smallest absolute Gasteiger partial charge is 0.408 e. The van der Waals surface area contributed by atoms with Crippen LogP contribution in [0.25, 0.3) is 0 Å². The predicted octanol–water partition coefficient (Wildman–Crippen LogP) is 2.45. The highest BCUT2D eigenvalue weighted by atomic mass is 16.5. The normalized spacial score (nSPS) is 12.1. The number of aromatic hydroxyl groups is 1. The van der Waals surface area contributed by atoms with E-state index >= 15 is 0 Å². The van der Waals surface area contributed by atoms with Crippen LogP contribution in [0.5, 0.6) is 5.75 Å². The summed E-state index contributed by atoms with van der Waals surface area (Å²) < 4.78 is 10.5. The molecule has 9 heteroatoms. The van der Waals surface area contributed by atoms with Gasteiger partial charge in [-0.25, -0.2) is 9.59 Å². The van der Waals surface area contributed by atoms with Crippen molar-refractivity contribution in [2.45, 2.75) is 31.7 Å². The summed E-state index contributed by atoms with van der Waals surface area (Å²) in [6.07, 6.45) is -0.828. The van der Waals surface area contributed by atoms with Crippen LogP contribution >= 0.6 is 0 Å². The maximum Gasteiger partial charge on any atom is 0.408 e. The highest BCUT2D eigenvalue weighted by Crippen LogP contribution is 2.13. The van der Waals surface area contributed by atoms with Crippen molar-refractivity contribution in [3.63, 3.8) is 0 Å². The summed E-state index contributed by atoms with van der Waals surface area (Å²) in [5.74, 6) is -1.41. The molecule has 2 amide bonds. The van der Waals surface area contributed by atoms with Gasteiger partial charge >= 0.3 is 12.1 Å². The molecule has 188 valence electrons. The number of phenolic OH excluding ortho intramolecular Hbond substituents is 1. The van der Waals surface area contributed by atoms with Crippen molar-refractivity contribution in [2.24, 2.45) is 0 Å². The van der Waals surface area contributed by atoms with E-state index in [1.807, 2.05) is 24.3 Å². The van der Waals surface area contributed by atoms with Crippen molar-refractivity contribution >= 4 is 18.0 Å². The van der Waals surface area contributed by atoms with Crippen molar-refractivity contribution < 1.29 is 34.1 Å². The Hall–Kier alpha value is -4.37. The average Bonchev–Trinajstić information content (AvgIpc) is 2.91. The van der Waals surface area contributed by atoms with Gasteiger partial charge in [-0.1, -0.05) is 72.8 Å². The lowest BCUT2D eigenvalue weighted by molar-refractivity contribution is -0.149. The first-order valence-electron chi connectivity index (χ1n) is 11.3. The number of esters is 1. The zero-order valence-electron chi connectivity index (χ0n) is 19.5. The third kappa shape index (κ3) is 8.44. The van der Waals surface area contributed by atoms with Gasteiger partial charge in [0.1, 0.15) is 31.0 Å². The van der Waals surface area contributed by atoms with E-state index in [1.165, 1.54) is 12.1 Å². The van der Waals surface area contributed by atoms with Gasteiger partial charge in [0, 0.05) is 6.42 Å². The lowest BCUT2D eigenvalue weighted by atomic mass is 10.1. The number of alkyl carbamates (subject to hydrolysis) is 1. The molecule has 3 rings (SSSR count). The summed E-state index contributed by atoms with van der Waals surface area (Å²) in [4.78, 5) is 37.8. The van der Waals surface area contributed by atoms with E-state index in [2.05, 4.69) is 10.6 Å². The maximum atomic E-state index is 12.9. The van der Waals surface area contributed by atoms with Crippen LogP contribution in [0.2, 0.25) is 0 Å². The number of aliphatic hydroxyl groups is 1. The molecular weight excluding hydrogens is 464 g/mol. The van der Waals surface area contributed by atoms with Crippen LogP contribution in [-0.2, 0) is 38.7 Å². The van der Waals surface area contributed by atoms with Gasteiger partial charge in [0.05, 0.1) is 6.61 Å². The molecule has 9 nitrogen and oxygen atoms in total. The van der Waals surface area contributed by atoms with Gasteiger partial charge in [-0.2, -0.15) is 0 Å². The van der Waals surface area contributed by atoms with Gasteiger partial charge in [0.15, 0.2) is 0 Å². The molecule has 4 N–H and O–H groups in total. The summed E-state index contributed by atoms with van der Waals surface area (Å²) in [5, 5.41) is 24.0. The highest BCUT2D eigenvalue weighted by molar-refractivity contribution is 5.89. The van der Waals surface area contributed by atoms with Gasteiger partial charge in [0.2, 0.25) is 5.91 Å². The number of rotatable bonds is 11. The first-order valence-corrected chi connectivity index (χ1v) is 11.3. The van der Waals surface area contributed by atoms with Gasteiger partial charge in [0.25, 0.3) is 0 Å². The summed E-state index contributed by atoms with van der Waals surface area (Å²) >= 11 is 0. The van der Waals surface area contributed by atoms with Gasteiger partial charge in [-0.05, 0) is 28.8 Å². The average molecular weight is 493 g/mol. The second kappa shape index (κ2) is 13.5. The first-order chi connectivity index (χ1) is 17.4. The number of phenols is 1. The third-order valence-electron chi connectivity index (χ3n) is 5.20. The molecule has 36 heavy (non-hydrogen) atoms. The van der Waals surface area contributed by atoms with Crippen molar-refractivity contribution in [3.8, 4) is 5.75 Å². The standard InChI is InChI=1S/C27H28N2O7/c30-16-24(29-27(34)36-18-21-9-5-2-6-10-21)25(32)28-23(15-19-11-13-22(31)14-12-19)26(33)35-17-20-7-3-1-4-8-20/h1-14,23-24,30-31H,15-18H2,(H,28,32)(H,29,34). The molecule has 0 bridgehead atoms. The van der Waals surface area contributed by atoms with Crippen molar-refractivity contribution in [1.29, 1.82) is 0 Å². The van der Waals surface area contributed by atoms with Gasteiger partial charge < -0.3 is 30.3 Å². The quantitative estimate of drug-likeness (QED) is 0.302. The van der Waals surface area contributed by atoms with Gasteiger partial charge in [-0.15, -0.1) is 0 Å². The van der Waals surface area contributed by atoms with Crippen molar-refractivity contribution in [2.75, 3.05) is 6.61 Å².